The van der Waals surface area contributed by atoms with E-state index in [-0.39, 0.29) is 12.4 Å². The number of anilines is 1. The van der Waals surface area contributed by atoms with Gasteiger partial charge in [0.1, 0.15) is 0 Å². The summed E-state index contributed by atoms with van der Waals surface area (Å²) < 4.78 is 5.07. The fourth-order valence-corrected chi connectivity index (χ4v) is 2.82. The number of benzene rings is 2. The molecule has 0 spiro atoms. The molecule has 3 aromatic rings. The second kappa shape index (κ2) is 7.13. The van der Waals surface area contributed by atoms with Crippen molar-refractivity contribution in [1.29, 1.82) is 0 Å². The zero-order valence-corrected chi connectivity index (χ0v) is 13.9. The lowest BCUT2D eigenvalue weighted by Gasteiger charge is -2.10. The molecule has 4 heteroatoms. The molecule has 0 amide bonds. The van der Waals surface area contributed by atoms with Crippen molar-refractivity contribution in [3.63, 3.8) is 0 Å². The fraction of sp³-hybridized carbons (Fsp3) is 0.200. The topological polar surface area (TPSA) is 51.2 Å². The normalized spacial score (nSPS) is 10.6. The van der Waals surface area contributed by atoms with E-state index in [1.54, 1.807) is 6.20 Å². The SMILES string of the molecule is CCOC(=O)Cc1cccc2c(-c3ccc(NC)cc3)nccc12. The average Bonchev–Trinajstić information content (AvgIpc) is 2.62. The Hall–Kier alpha value is -2.88. The zero-order chi connectivity index (χ0) is 16.9. The first-order chi connectivity index (χ1) is 11.7. The van der Waals surface area contributed by atoms with Crippen molar-refractivity contribution in [1.82, 2.24) is 4.98 Å². The van der Waals surface area contributed by atoms with E-state index in [1.165, 1.54) is 0 Å². The average molecular weight is 320 g/mol. The molecule has 0 fully saturated rings. The van der Waals surface area contributed by atoms with Gasteiger partial charge in [0.15, 0.2) is 0 Å². The van der Waals surface area contributed by atoms with Crippen LogP contribution in [0.25, 0.3) is 22.0 Å². The largest absolute Gasteiger partial charge is 0.466 e. The Labute approximate surface area is 141 Å². The van der Waals surface area contributed by atoms with Crippen molar-refractivity contribution in [3.8, 4) is 11.3 Å². The van der Waals surface area contributed by atoms with Gasteiger partial charge in [0.05, 0.1) is 18.7 Å². The Bertz CT molecular complexity index is 857. The lowest BCUT2D eigenvalue weighted by atomic mass is 9.99. The molecule has 0 atom stereocenters. The van der Waals surface area contributed by atoms with E-state index in [0.717, 1.165) is 33.3 Å². The Morgan fingerprint density at radius 2 is 1.88 bits per heavy atom. The van der Waals surface area contributed by atoms with Crippen molar-refractivity contribution in [3.05, 3.63) is 60.3 Å². The summed E-state index contributed by atoms with van der Waals surface area (Å²) in [6.07, 6.45) is 2.06. The summed E-state index contributed by atoms with van der Waals surface area (Å²) in [5, 5.41) is 5.19. The van der Waals surface area contributed by atoms with Crippen LogP contribution in [0.4, 0.5) is 5.69 Å². The Balaban J connectivity index is 2.05. The van der Waals surface area contributed by atoms with E-state index >= 15 is 0 Å². The molecule has 0 unspecified atom stereocenters. The second-order valence-electron chi connectivity index (χ2n) is 5.48. The summed E-state index contributed by atoms with van der Waals surface area (Å²) in [7, 11) is 1.90. The summed E-state index contributed by atoms with van der Waals surface area (Å²) in [5.74, 6) is -0.207. The molecule has 1 N–H and O–H groups in total. The predicted octanol–water partition coefficient (Wildman–Crippen LogP) is 4.05. The summed E-state index contributed by atoms with van der Waals surface area (Å²) in [6, 6.07) is 16.1. The van der Waals surface area contributed by atoms with Gasteiger partial charge in [-0.1, -0.05) is 30.3 Å². The van der Waals surface area contributed by atoms with Gasteiger partial charge in [-0.25, -0.2) is 0 Å². The number of carbonyl (C=O) groups is 1. The third-order valence-electron chi connectivity index (χ3n) is 3.98. The summed E-state index contributed by atoms with van der Waals surface area (Å²) >= 11 is 0. The van der Waals surface area contributed by atoms with Crippen LogP contribution >= 0.6 is 0 Å². The number of nitrogens with zero attached hydrogens (tertiary/aromatic N) is 1. The molecule has 0 radical (unpaired) electrons. The quantitative estimate of drug-likeness (QED) is 0.721. The number of esters is 1. The summed E-state index contributed by atoms with van der Waals surface area (Å²) in [4.78, 5) is 16.4. The number of rotatable bonds is 5. The highest BCUT2D eigenvalue weighted by Crippen LogP contribution is 2.29. The minimum atomic E-state index is -0.207. The molecule has 0 bridgehead atoms. The number of fused-ring (bicyclic) bond motifs is 1. The number of pyridine rings is 1. The third kappa shape index (κ3) is 3.23. The first-order valence-electron chi connectivity index (χ1n) is 8.03. The first kappa shape index (κ1) is 16.0. The highest BCUT2D eigenvalue weighted by Gasteiger charge is 2.11. The molecular weight excluding hydrogens is 300 g/mol. The van der Waals surface area contributed by atoms with E-state index in [4.69, 9.17) is 4.74 Å². The van der Waals surface area contributed by atoms with Gasteiger partial charge in [-0.2, -0.15) is 0 Å². The number of hydrogen-bond acceptors (Lipinski definition) is 4. The maximum Gasteiger partial charge on any atom is 0.310 e. The highest BCUT2D eigenvalue weighted by molar-refractivity contribution is 5.97. The number of hydrogen-bond donors (Lipinski definition) is 1. The van der Waals surface area contributed by atoms with Crippen molar-refractivity contribution < 1.29 is 9.53 Å². The fourth-order valence-electron chi connectivity index (χ4n) is 2.82. The first-order valence-corrected chi connectivity index (χ1v) is 8.03. The molecule has 0 aliphatic rings. The maximum atomic E-state index is 11.8. The molecule has 0 aliphatic carbocycles. The van der Waals surface area contributed by atoms with Crippen LogP contribution in [0.2, 0.25) is 0 Å². The Morgan fingerprint density at radius 1 is 1.08 bits per heavy atom. The smallest absolute Gasteiger partial charge is 0.310 e. The van der Waals surface area contributed by atoms with Crippen molar-refractivity contribution in [2.45, 2.75) is 13.3 Å². The number of aromatic nitrogens is 1. The molecule has 0 saturated carbocycles. The van der Waals surface area contributed by atoms with Crippen molar-refractivity contribution >= 4 is 22.4 Å². The van der Waals surface area contributed by atoms with Crippen LogP contribution in [-0.2, 0) is 16.0 Å². The van der Waals surface area contributed by atoms with Crippen LogP contribution in [0.3, 0.4) is 0 Å². The predicted molar refractivity (Wildman–Crippen MR) is 97.1 cm³/mol. The molecule has 0 saturated heterocycles. The van der Waals surface area contributed by atoms with Crippen LogP contribution < -0.4 is 5.32 Å². The molecule has 4 nitrogen and oxygen atoms in total. The monoisotopic (exact) mass is 320 g/mol. The minimum Gasteiger partial charge on any atom is -0.466 e. The van der Waals surface area contributed by atoms with Crippen LogP contribution in [0.1, 0.15) is 12.5 Å². The van der Waals surface area contributed by atoms with E-state index < -0.39 is 0 Å². The molecule has 1 aromatic heterocycles. The lowest BCUT2D eigenvalue weighted by Crippen LogP contribution is -2.07. The van der Waals surface area contributed by atoms with Crippen LogP contribution in [-0.4, -0.2) is 24.6 Å². The van der Waals surface area contributed by atoms with Gasteiger partial charge in [0, 0.05) is 29.9 Å². The standard InChI is InChI=1S/C20H20N2O2/c1-3-24-19(23)13-15-5-4-6-18-17(15)11-12-22-20(18)14-7-9-16(21-2)10-8-14/h4-12,21H,3,13H2,1-2H3. The molecule has 24 heavy (non-hydrogen) atoms. The molecule has 0 aliphatic heterocycles. The van der Waals surface area contributed by atoms with Gasteiger partial charge in [-0.3, -0.25) is 9.78 Å². The van der Waals surface area contributed by atoms with Gasteiger partial charge in [0.2, 0.25) is 0 Å². The van der Waals surface area contributed by atoms with Gasteiger partial charge in [0.25, 0.3) is 0 Å². The number of carbonyl (C=O) groups excluding carboxylic acids is 1. The minimum absolute atomic E-state index is 0.207. The summed E-state index contributed by atoms with van der Waals surface area (Å²) in [5.41, 5.74) is 3.98. The van der Waals surface area contributed by atoms with Crippen molar-refractivity contribution in [2.75, 3.05) is 19.0 Å². The molecule has 2 aromatic carbocycles. The molecule has 122 valence electrons. The third-order valence-corrected chi connectivity index (χ3v) is 3.98. The second-order valence-corrected chi connectivity index (χ2v) is 5.48. The van der Waals surface area contributed by atoms with Crippen LogP contribution in [0.5, 0.6) is 0 Å². The molecular formula is C20H20N2O2. The molecule has 3 rings (SSSR count). The van der Waals surface area contributed by atoms with Crippen LogP contribution in [0, 0.1) is 0 Å². The number of ether oxygens (including phenoxy) is 1. The van der Waals surface area contributed by atoms with E-state index in [9.17, 15) is 4.79 Å². The van der Waals surface area contributed by atoms with Crippen molar-refractivity contribution in [2.24, 2.45) is 0 Å². The van der Waals surface area contributed by atoms with E-state index in [0.29, 0.717) is 6.61 Å². The van der Waals surface area contributed by atoms with Gasteiger partial charge in [-0.05, 0) is 36.1 Å². The Morgan fingerprint density at radius 3 is 2.58 bits per heavy atom. The van der Waals surface area contributed by atoms with Crippen LogP contribution in [0.15, 0.2) is 54.7 Å². The van der Waals surface area contributed by atoms with E-state index in [2.05, 4.69) is 10.3 Å². The maximum absolute atomic E-state index is 11.8. The lowest BCUT2D eigenvalue weighted by molar-refractivity contribution is -0.142. The zero-order valence-electron chi connectivity index (χ0n) is 13.9. The highest BCUT2D eigenvalue weighted by atomic mass is 16.5. The number of nitrogens with one attached hydrogen (secondary N) is 1. The Kier molecular flexibility index (Phi) is 4.75. The van der Waals surface area contributed by atoms with Gasteiger partial charge in [-0.15, -0.1) is 0 Å². The van der Waals surface area contributed by atoms with Gasteiger partial charge < -0.3 is 10.1 Å². The van der Waals surface area contributed by atoms with E-state index in [1.807, 2.05) is 62.5 Å². The summed E-state index contributed by atoms with van der Waals surface area (Å²) in [6.45, 7) is 2.21. The molecule has 1 heterocycles. The van der Waals surface area contributed by atoms with Gasteiger partial charge >= 0.3 is 5.97 Å².